The number of urea groups is 1. The van der Waals surface area contributed by atoms with Gasteiger partial charge < -0.3 is 9.64 Å². The molecule has 6 heteroatoms. The quantitative estimate of drug-likeness (QED) is 0.878. The van der Waals surface area contributed by atoms with Gasteiger partial charge in [-0.1, -0.05) is 13.3 Å². The molecule has 1 aromatic rings. The summed E-state index contributed by atoms with van der Waals surface area (Å²) in [7, 11) is 0. The molecule has 0 bridgehead atoms. The van der Waals surface area contributed by atoms with Gasteiger partial charge in [-0.25, -0.2) is 9.78 Å². The summed E-state index contributed by atoms with van der Waals surface area (Å²) in [5, 5.41) is 3.59. The summed E-state index contributed by atoms with van der Waals surface area (Å²) in [5.74, 6) is 0.465. The zero-order valence-corrected chi connectivity index (χ0v) is 13.0. The molecule has 1 fully saturated rings. The Morgan fingerprint density at radius 2 is 2.45 bits per heavy atom. The van der Waals surface area contributed by atoms with Gasteiger partial charge >= 0.3 is 6.03 Å². The summed E-state index contributed by atoms with van der Waals surface area (Å²) in [6.45, 7) is 7.20. The Morgan fingerprint density at radius 1 is 1.60 bits per heavy atom. The third-order valence-corrected chi connectivity index (χ3v) is 4.37. The van der Waals surface area contributed by atoms with Gasteiger partial charge in [-0.05, 0) is 19.8 Å². The second kappa shape index (κ2) is 7.59. The maximum Gasteiger partial charge on any atom is 0.323 e. The van der Waals surface area contributed by atoms with E-state index < -0.39 is 0 Å². The third kappa shape index (κ3) is 4.18. The van der Waals surface area contributed by atoms with Gasteiger partial charge in [0.25, 0.3) is 0 Å². The number of hydrogen-bond acceptors (Lipinski definition) is 4. The summed E-state index contributed by atoms with van der Waals surface area (Å²) in [5.41, 5.74) is 0. The lowest BCUT2D eigenvalue weighted by molar-refractivity contribution is 0.113. The second-order valence-electron chi connectivity index (χ2n) is 5.07. The van der Waals surface area contributed by atoms with Crippen LogP contribution in [-0.2, 0) is 11.2 Å². The first-order chi connectivity index (χ1) is 9.72. The van der Waals surface area contributed by atoms with E-state index in [0.717, 1.165) is 45.6 Å². The minimum Gasteiger partial charge on any atom is -0.381 e. The van der Waals surface area contributed by atoms with Crippen molar-refractivity contribution in [2.24, 2.45) is 5.92 Å². The summed E-state index contributed by atoms with van der Waals surface area (Å²) in [4.78, 5) is 19.5. The highest BCUT2D eigenvalue weighted by molar-refractivity contribution is 7.15. The van der Waals surface area contributed by atoms with E-state index in [0.29, 0.717) is 11.0 Å². The van der Waals surface area contributed by atoms with Crippen molar-refractivity contribution < 1.29 is 9.53 Å². The van der Waals surface area contributed by atoms with Crippen LogP contribution in [0.4, 0.5) is 9.93 Å². The Hall–Kier alpha value is -1.14. The molecule has 2 rings (SSSR count). The third-order valence-electron chi connectivity index (χ3n) is 3.39. The van der Waals surface area contributed by atoms with Crippen molar-refractivity contribution in [3.8, 4) is 0 Å². The van der Waals surface area contributed by atoms with Crippen molar-refractivity contribution in [3.63, 3.8) is 0 Å². The smallest absolute Gasteiger partial charge is 0.323 e. The van der Waals surface area contributed by atoms with Crippen LogP contribution in [0.1, 0.15) is 31.6 Å². The number of anilines is 1. The number of rotatable bonds is 6. The van der Waals surface area contributed by atoms with E-state index in [-0.39, 0.29) is 6.03 Å². The first-order valence-electron chi connectivity index (χ1n) is 7.31. The molecule has 1 unspecified atom stereocenters. The molecule has 0 spiro atoms. The zero-order valence-electron chi connectivity index (χ0n) is 12.2. The Balaban J connectivity index is 1.79. The highest BCUT2D eigenvalue weighted by Gasteiger charge is 2.26. The monoisotopic (exact) mass is 297 g/mol. The van der Waals surface area contributed by atoms with E-state index in [1.54, 1.807) is 11.3 Å². The van der Waals surface area contributed by atoms with Crippen LogP contribution in [0.3, 0.4) is 0 Å². The van der Waals surface area contributed by atoms with Crippen molar-refractivity contribution in [2.75, 3.05) is 31.6 Å². The maximum atomic E-state index is 12.1. The number of carbonyl (C=O) groups is 1. The first-order valence-corrected chi connectivity index (χ1v) is 8.13. The van der Waals surface area contributed by atoms with Crippen molar-refractivity contribution >= 4 is 22.5 Å². The number of carbonyl (C=O) groups excluding carboxylic acids is 1. The molecule has 1 atom stereocenters. The van der Waals surface area contributed by atoms with Gasteiger partial charge in [0.1, 0.15) is 0 Å². The molecule has 0 radical (unpaired) electrons. The van der Waals surface area contributed by atoms with E-state index in [1.807, 2.05) is 18.0 Å². The Kier molecular flexibility index (Phi) is 5.79. The fourth-order valence-corrected chi connectivity index (χ4v) is 3.24. The van der Waals surface area contributed by atoms with Gasteiger partial charge in [0.15, 0.2) is 5.13 Å². The van der Waals surface area contributed by atoms with E-state index in [2.05, 4.69) is 17.2 Å². The largest absolute Gasteiger partial charge is 0.381 e. The summed E-state index contributed by atoms with van der Waals surface area (Å²) in [6, 6.07) is -0.0404. The molecule has 2 amide bonds. The van der Waals surface area contributed by atoms with Crippen LogP contribution in [0, 0.1) is 5.92 Å². The number of nitrogens with zero attached hydrogens (tertiary/aromatic N) is 2. The molecule has 2 heterocycles. The molecule has 1 saturated heterocycles. The molecule has 112 valence electrons. The molecule has 0 aliphatic carbocycles. The average molecular weight is 297 g/mol. The number of ether oxygens (including phenoxy) is 1. The van der Waals surface area contributed by atoms with Crippen LogP contribution in [0.25, 0.3) is 0 Å². The summed E-state index contributed by atoms with van der Waals surface area (Å²) >= 11 is 1.56. The van der Waals surface area contributed by atoms with Crippen molar-refractivity contribution in [2.45, 2.75) is 33.1 Å². The molecular formula is C14H23N3O2S. The van der Waals surface area contributed by atoms with Gasteiger partial charge in [-0.15, -0.1) is 11.3 Å². The number of aromatic nitrogens is 1. The SMILES string of the molecule is CCCc1cnc(NC(=O)N2CCC(COCC)C2)s1. The fourth-order valence-electron chi connectivity index (χ4n) is 2.34. The van der Waals surface area contributed by atoms with E-state index >= 15 is 0 Å². The van der Waals surface area contributed by atoms with Gasteiger partial charge in [-0.2, -0.15) is 0 Å². The Bertz CT molecular complexity index is 436. The number of thiazole rings is 1. The molecule has 20 heavy (non-hydrogen) atoms. The van der Waals surface area contributed by atoms with Crippen LogP contribution >= 0.6 is 11.3 Å². The van der Waals surface area contributed by atoms with E-state index in [4.69, 9.17) is 4.74 Å². The van der Waals surface area contributed by atoms with Gasteiger partial charge in [0.2, 0.25) is 0 Å². The fraction of sp³-hybridized carbons (Fsp3) is 0.714. The molecule has 1 aliphatic heterocycles. The van der Waals surface area contributed by atoms with Crippen LogP contribution in [0.2, 0.25) is 0 Å². The van der Waals surface area contributed by atoms with Crippen LogP contribution < -0.4 is 5.32 Å². The molecule has 1 N–H and O–H groups in total. The average Bonchev–Trinajstić information content (AvgIpc) is 3.06. The molecule has 0 saturated carbocycles. The zero-order chi connectivity index (χ0) is 14.4. The Labute approximate surface area is 124 Å². The molecule has 5 nitrogen and oxygen atoms in total. The predicted octanol–water partition coefficient (Wildman–Crippen LogP) is 2.99. The van der Waals surface area contributed by atoms with Gasteiger partial charge in [0.05, 0.1) is 6.61 Å². The van der Waals surface area contributed by atoms with Crippen LogP contribution in [0.15, 0.2) is 6.20 Å². The minimum atomic E-state index is -0.0404. The van der Waals surface area contributed by atoms with Crippen LogP contribution in [-0.4, -0.2) is 42.2 Å². The standard InChI is InChI=1S/C14H23N3O2S/c1-3-5-12-8-15-13(20-12)16-14(18)17-7-6-11(9-17)10-19-4-2/h8,11H,3-7,9-10H2,1-2H3,(H,15,16,18). The normalized spacial score (nSPS) is 18.5. The number of likely N-dealkylation sites (tertiary alicyclic amines) is 1. The number of aryl methyl sites for hydroxylation is 1. The molecule has 1 aromatic heterocycles. The number of amides is 2. The lowest BCUT2D eigenvalue weighted by atomic mass is 10.1. The second-order valence-corrected chi connectivity index (χ2v) is 6.19. The van der Waals surface area contributed by atoms with Gasteiger partial charge in [0, 0.05) is 36.7 Å². The summed E-state index contributed by atoms with van der Waals surface area (Å²) < 4.78 is 5.43. The number of hydrogen-bond donors (Lipinski definition) is 1. The van der Waals surface area contributed by atoms with Crippen molar-refractivity contribution in [1.29, 1.82) is 0 Å². The minimum absolute atomic E-state index is 0.0404. The van der Waals surface area contributed by atoms with Crippen molar-refractivity contribution in [3.05, 3.63) is 11.1 Å². The van der Waals surface area contributed by atoms with Gasteiger partial charge in [-0.3, -0.25) is 5.32 Å². The molecular weight excluding hydrogens is 274 g/mol. The topological polar surface area (TPSA) is 54.5 Å². The first kappa shape index (κ1) is 15.3. The summed E-state index contributed by atoms with van der Waals surface area (Å²) in [6.07, 6.45) is 4.99. The maximum absolute atomic E-state index is 12.1. The van der Waals surface area contributed by atoms with Crippen LogP contribution in [0.5, 0.6) is 0 Å². The number of nitrogens with one attached hydrogen (secondary N) is 1. The van der Waals surface area contributed by atoms with E-state index in [9.17, 15) is 4.79 Å². The van der Waals surface area contributed by atoms with E-state index in [1.165, 1.54) is 4.88 Å². The van der Waals surface area contributed by atoms with Crippen molar-refractivity contribution in [1.82, 2.24) is 9.88 Å². The predicted molar refractivity (Wildman–Crippen MR) is 81.3 cm³/mol. The lowest BCUT2D eigenvalue weighted by Crippen LogP contribution is -2.33. The highest BCUT2D eigenvalue weighted by atomic mass is 32.1. The lowest BCUT2D eigenvalue weighted by Gasteiger charge is -2.16. The molecule has 1 aliphatic rings. The Morgan fingerprint density at radius 3 is 3.20 bits per heavy atom. The highest BCUT2D eigenvalue weighted by Crippen LogP contribution is 2.22. The molecule has 0 aromatic carbocycles.